The van der Waals surface area contributed by atoms with E-state index in [0.717, 1.165) is 30.3 Å². The molecular formula is C20H20N2O2. The van der Waals surface area contributed by atoms with E-state index in [-0.39, 0.29) is 6.04 Å². The van der Waals surface area contributed by atoms with Gasteiger partial charge in [-0.05, 0) is 36.5 Å². The monoisotopic (exact) mass is 320 g/mol. The summed E-state index contributed by atoms with van der Waals surface area (Å²) in [5.74, 6) is 0. The van der Waals surface area contributed by atoms with E-state index in [1.54, 1.807) is 4.90 Å². The molecule has 4 heteroatoms. The van der Waals surface area contributed by atoms with Crippen molar-refractivity contribution < 1.29 is 9.90 Å². The number of aromatic amines is 1. The maximum absolute atomic E-state index is 11.8. The van der Waals surface area contributed by atoms with Gasteiger partial charge in [0.25, 0.3) is 0 Å². The highest BCUT2D eigenvalue weighted by Crippen LogP contribution is 2.31. The number of H-pyrrole nitrogens is 1. The van der Waals surface area contributed by atoms with E-state index in [2.05, 4.69) is 17.1 Å². The summed E-state index contributed by atoms with van der Waals surface area (Å²) in [5.41, 5.74) is 4.72. The smallest absolute Gasteiger partial charge is 0.407 e. The number of fused-ring (bicyclic) bond motifs is 3. The van der Waals surface area contributed by atoms with Gasteiger partial charge in [-0.15, -0.1) is 0 Å². The van der Waals surface area contributed by atoms with Crippen LogP contribution in [0, 0.1) is 0 Å². The van der Waals surface area contributed by atoms with Crippen LogP contribution in [0.15, 0.2) is 54.6 Å². The Kier molecular flexibility index (Phi) is 3.73. The molecule has 4 rings (SSSR count). The van der Waals surface area contributed by atoms with Gasteiger partial charge in [-0.3, -0.25) is 0 Å². The molecule has 0 fully saturated rings. The zero-order valence-corrected chi connectivity index (χ0v) is 13.4. The topological polar surface area (TPSA) is 56.3 Å². The van der Waals surface area contributed by atoms with Crippen molar-refractivity contribution in [2.45, 2.75) is 31.8 Å². The molecule has 0 bridgehead atoms. The SMILES string of the molecule is O=C(O)N(Cc1ccccc1)C1CCc2[nH]c3ccccc3c2C1. The Morgan fingerprint density at radius 3 is 2.67 bits per heavy atom. The molecule has 122 valence electrons. The highest BCUT2D eigenvalue weighted by Gasteiger charge is 2.29. The second kappa shape index (κ2) is 6.04. The third-order valence-electron chi connectivity index (χ3n) is 4.95. The van der Waals surface area contributed by atoms with Crippen molar-refractivity contribution in [3.63, 3.8) is 0 Å². The van der Waals surface area contributed by atoms with Crippen LogP contribution in [0.4, 0.5) is 4.79 Å². The van der Waals surface area contributed by atoms with Crippen LogP contribution < -0.4 is 0 Å². The summed E-state index contributed by atoms with van der Waals surface area (Å²) in [6.45, 7) is 0.443. The normalized spacial score (nSPS) is 16.8. The van der Waals surface area contributed by atoms with Gasteiger partial charge in [0.05, 0.1) is 0 Å². The Morgan fingerprint density at radius 2 is 1.88 bits per heavy atom. The number of para-hydroxylation sites is 1. The van der Waals surface area contributed by atoms with Gasteiger partial charge in [-0.2, -0.15) is 0 Å². The zero-order chi connectivity index (χ0) is 16.5. The second-order valence-corrected chi connectivity index (χ2v) is 6.42. The lowest BCUT2D eigenvalue weighted by atomic mass is 9.90. The first-order chi connectivity index (χ1) is 11.7. The van der Waals surface area contributed by atoms with Crippen molar-refractivity contribution in [2.75, 3.05) is 0 Å². The summed E-state index contributed by atoms with van der Waals surface area (Å²) in [5, 5.41) is 10.9. The molecule has 0 radical (unpaired) electrons. The molecule has 1 atom stereocenters. The fraction of sp³-hybridized carbons (Fsp3) is 0.250. The molecule has 1 aliphatic rings. The number of hydrogen-bond donors (Lipinski definition) is 2. The number of nitrogens with one attached hydrogen (secondary N) is 1. The van der Waals surface area contributed by atoms with Gasteiger partial charge in [0.1, 0.15) is 0 Å². The van der Waals surface area contributed by atoms with E-state index >= 15 is 0 Å². The van der Waals surface area contributed by atoms with Crippen molar-refractivity contribution in [2.24, 2.45) is 0 Å². The van der Waals surface area contributed by atoms with Gasteiger partial charge in [-0.1, -0.05) is 48.5 Å². The van der Waals surface area contributed by atoms with Crippen LogP contribution in [0.2, 0.25) is 0 Å². The van der Waals surface area contributed by atoms with Crippen LogP contribution in [-0.4, -0.2) is 27.1 Å². The molecule has 4 nitrogen and oxygen atoms in total. The fourth-order valence-corrected chi connectivity index (χ4v) is 3.75. The molecule has 2 aromatic carbocycles. The molecule has 24 heavy (non-hydrogen) atoms. The highest BCUT2D eigenvalue weighted by atomic mass is 16.4. The number of rotatable bonds is 3. The highest BCUT2D eigenvalue weighted by molar-refractivity contribution is 5.85. The summed E-state index contributed by atoms with van der Waals surface area (Å²) in [7, 11) is 0. The summed E-state index contributed by atoms with van der Waals surface area (Å²) >= 11 is 0. The fourth-order valence-electron chi connectivity index (χ4n) is 3.75. The number of carbonyl (C=O) groups is 1. The average Bonchev–Trinajstić information content (AvgIpc) is 2.98. The van der Waals surface area contributed by atoms with Gasteiger partial charge in [0, 0.05) is 29.2 Å². The minimum atomic E-state index is -0.841. The minimum absolute atomic E-state index is 0.0226. The summed E-state index contributed by atoms with van der Waals surface area (Å²) in [6, 6.07) is 18.1. The molecule has 0 saturated heterocycles. The van der Waals surface area contributed by atoms with Gasteiger partial charge in [-0.25, -0.2) is 4.79 Å². The molecule has 3 aromatic rings. The quantitative estimate of drug-likeness (QED) is 0.759. The second-order valence-electron chi connectivity index (χ2n) is 6.42. The molecule has 1 unspecified atom stereocenters. The van der Waals surface area contributed by atoms with E-state index in [9.17, 15) is 9.90 Å². The zero-order valence-electron chi connectivity index (χ0n) is 13.4. The van der Waals surface area contributed by atoms with Crippen molar-refractivity contribution in [1.82, 2.24) is 9.88 Å². The molecule has 1 aliphatic carbocycles. The number of benzene rings is 2. The van der Waals surface area contributed by atoms with Crippen molar-refractivity contribution >= 4 is 17.0 Å². The van der Waals surface area contributed by atoms with Crippen LogP contribution in [0.5, 0.6) is 0 Å². The number of amides is 1. The Bertz CT molecular complexity index is 870. The van der Waals surface area contributed by atoms with Gasteiger partial charge in [0.15, 0.2) is 0 Å². The molecule has 0 spiro atoms. The molecule has 1 amide bonds. The third kappa shape index (κ3) is 2.64. The number of carboxylic acid groups (broad SMARTS) is 1. The van der Waals surface area contributed by atoms with Crippen LogP contribution in [0.3, 0.4) is 0 Å². The van der Waals surface area contributed by atoms with Crippen LogP contribution in [0.25, 0.3) is 10.9 Å². The van der Waals surface area contributed by atoms with E-state index < -0.39 is 6.09 Å². The first kappa shape index (κ1) is 14.8. The summed E-state index contributed by atoms with van der Waals surface area (Å²) < 4.78 is 0. The summed E-state index contributed by atoms with van der Waals surface area (Å²) in [4.78, 5) is 16.9. The van der Waals surface area contributed by atoms with E-state index in [1.807, 2.05) is 42.5 Å². The number of hydrogen-bond acceptors (Lipinski definition) is 1. The maximum atomic E-state index is 11.8. The Hall–Kier alpha value is -2.75. The van der Waals surface area contributed by atoms with Crippen LogP contribution >= 0.6 is 0 Å². The molecule has 0 saturated carbocycles. The minimum Gasteiger partial charge on any atom is -0.465 e. The van der Waals surface area contributed by atoms with Crippen LogP contribution in [0.1, 0.15) is 23.2 Å². The molecule has 0 aliphatic heterocycles. The Balaban J connectivity index is 1.62. The van der Waals surface area contributed by atoms with Gasteiger partial charge in [0.2, 0.25) is 0 Å². The average molecular weight is 320 g/mol. The van der Waals surface area contributed by atoms with Crippen molar-refractivity contribution in [3.8, 4) is 0 Å². The van der Waals surface area contributed by atoms with Crippen molar-refractivity contribution in [1.29, 1.82) is 0 Å². The lowest BCUT2D eigenvalue weighted by molar-refractivity contribution is 0.115. The predicted octanol–water partition coefficient (Wildman–Crippen LogP) is 4.21. The predicted molar refractivity (Wildman–Crippen MR) is 94.1 cm³/mol. The Morgan fingerprint density at radius 1 is 1.12 bits per heavy atom. The molecule has 1 aromatic heterocycles. The number of aryl methyl sites for hydroxylation is 1. The maximum Gasteiger partial charge on any atom is 0.407 e. The molecule has 2 N–H and O–H groups in total. The van der Waals surface area contributed by atoms with Crippen molar-refractivity contribution in [3.05, 3.63) is 71.4 Å². The standard InChI is InChI=1S/C20H20N2O2/c23-20(24)22(13-14-6-2-1-3-7-14)15-10-11-19-17(12-15)16-8-4-5-9-18(16)21-19/h1-9,15,21H,10-13H2,(H,23,24). The lowest BCUT2D eigenvalue weighted by Crippen LogP contribution is -2.42. The molecule has 1 heterocycles. The Labute approximate surface area is 140 Å². The lowest BCUT2D eigenvalue weighted by Gasteiger charge is -2.32. The van der Waals surface area contributed by atoms with Crippen LogP contribution in [-0.2, 0) is 19.4 Å². The first-order valence-corrected chi connectivity index (χ1v) is 8.34. The van der Waals surface area contributed by atoms with Gasteiger partial charge < -0.3 is 15.0 Å². The summed E-state index contributed by atoms with van der Waals surface area (Å²) in [6.07, 6.45) is 1.69. The first-order valence-electron chi connectivity index (χ1n) is 8.34. The van der Waals surface area contributed by atoms with E-state index in [0.29, 0.717) is 6.54 Å². The van der Waals surface area contributed by atoms with Gasteiger partial charge >= 0.3 is 6.09 Å². The van der Waals surface area contributed by atoms with E-state index in [4.69, 9.17) is 0 Å². The number of nitrogens with zero attached hydrogens (tertiary/aromatic N) is 1. The molecular weight excluding hydrogens is 300 g/mol. The largest absolute Gasteiger partial charge is 0.465 e. The third-order valence-corrected chi connectivity index (χ3v) is 4.95. The van der Waals surface area contributed by atoms with E-state index in [1.165, 1.54) is 16.6 Å². The number of aromatic nitrogens is 1.